The standard InChI is InChI=1S/C22H17Cl2NO6S/c1-29-18-9-14(16(10-19(18)30-2)25-21(27)20-4-3-7-32-20)22(28)31-11-17(26)13-8-12(23)5-6-15(13)24/h3-10H,11H2,1-2H3,(H,25,27). The zero-order chi connectivity index (χ0) is 23.3. The maximum Gasteiger partial charge on any atom is 0.340 e. The van der Waals surface area contributed by atoms with Gasteiger partial charge in [0.1, 0.15) is 0 Å². The Balaban J connectivity index is 1.85. The summed E-state index contributed by atoms with van der Waals surface area (Å²) in [5.74, 6) is -1.25. The predicted molar refractivity (Wildman–Crippen MR) is 123 cm³/mol. The summed E-state index contributed by atoms with van der Waals surface area (Å²) in [5, 5.41) is 4.93. The molecule has 0 aliphatic heterocycles. The van der Waals surface area contributed by atoms with Gasteiger partial charge < -0.3 is 19.5 Å². The van der Waals surface area contributed by atoms with Crippen molar-refractivity contribution in [2.75, 3.05) is 26.1 Å². The van der Waals surface area contributed by atoms with E-state index in [2.05, 4.69) is 5.32 Å². The number of Topliss-reactive ketones (excluding diaryl/α,β-unsaturated/α-hetero) is 1. The summed E-state index contributed by atoms with van der Waals surface area (Å²) in [5.41, 5.74) is 0.252. The molecule has 0 aliphatic carbocycles. The third-order valence-electron chi connectivity index (χ3n) is 4.30. The number of amides is 1. The molecule has 2 aromatic carbocycles. The number of halogens is 2. The topological polar surface area (TPSA) is 90.9 Å². The summed E-state index contributed by atoms with van der Waals surface area (Å²) in [6.07, 6.45) is 0. The van der Waals surface area contributed by atoms with E-state index in [4.69, 9.17) is 37.4 Å². The van der Waals surface area contributed by atoms with Gasteiger partial charge in [0.15, 0.2) is 18.1 Å². The van der Waals surface area contributed by atoms with Crippen molar-refractivity contribution in [2.24, 2.45) is 0 Å². The molecule has 1 N–H and O–H groups in total. The number of carbonyl (C=O) groups excluding carboxylic acids is 3. The van der Waals surface area contributed by atoms with Crippen LogP contribution in [-0.4, -0.2) is 38.5 Å². The third kappa shape index (κ3) is 5.40. The fourth-order valence-corrected chi connectivity index (χ4v) is 3.75. The van der Waals surface area contributed by atoms with E-state index in [0.717, 1.165) is 0 Å². The molecule has 0 bridgehead atoms. The van der Waals surface area contributed by atoms with E-state index in [0.29, 0.717) is 15.6 Å². The Morgan fingerprint density at radius 2 is 1.69 bits per heavy atom. The Bertz CT molecular complexity index is 1160. The highest BCUT2D eigenvalue weighted by molar-refractivity contribution is 7.12. The molecular formula is C22H17Cl2NO6S. The number of esters is 1. The number of benzene rings is 2. The second kappa shape index (κ2) is 10.5. The minimum Gasteiger partial charge on any atom is -0.493 e. The van der Waals surface area contributed by atoms with Gasteiger partial charge in [-0.05, 0) is 29.6 Å². The van der Waals surface area contributed by atoms with Crippen LogP contribution in [0.15, 0.2) is 47.8 Å². The van der Waals surface area contributed by atoms with Crippen LogP contribution in [0.3, 0.4) is 0 Å². The molecule has 3 rings (SSSR count). The molecule has 0 aliphatic rings. The van der Waals surface area contributed by atoms with Crippen LogP contribution in [0.4, 0.5) is 5.69 Å². The molecule has 0 saturated carbocycles. The molecule has 0 radical (unpaired) electrons. The minimum atomic E-state index is -0.848. The second-order valence-electron chi connectivity index (χ2n) is 6.31. The maximum absolute atomic E-state index is 12.8. The summed E-state index contributed by atoms with van der Waals surface area (Å²) in [6, 6.07) is 10.6. The van der Waals surface area contributed by atoms with E-state index in [1.165, 1.54) is 49.8 Å². The number of ether oxygens (including phenoxy) is 3. The average Bonchev–Trinajstić information content (AvgIpc) is 3.33. The number of thiophene rings is 1. The summed E-state index contributed by atoms with van der Waals surface area (Å²) in [6.45, 7) is -0.578. The van der Waals surface area contributed by atoms with Crippen molar-refractivity contribution in [1.82, 2.24) is 0 Å². The Morgan fingerprint density at radius 3 is 2.34 bits per heavy atom. The van der Waals surface area contributed by atoms with Crippen LogP contribution in [0.1, 0.15) is 30.4 Å². The van der Waals surface area contributed by atoms with Crippen LogP contribution in [0.2, 0.25) is 10.0 Å². The van der Waals surface area contributed by atoms with Gasteiger partial charge in [0.05, 0.1) is 35.4 Å². The Morgan fingerprint density at radius 1 is 0.969 bits per heavy atom. The molecule has 3 aromatic rings. The van der Waals surface area contributed by atoms with Crippen molar-refractivity contribution >= 4 is 57.9 Å². The van der Waals surface area contributed by atoms with Crippen LogP contribution in [-0.2, 0) is 4.74 Å². The van der Waals surface area contributed by atoms with E-state index in [1.54, 1.807) is 23.6 Å². The van der Waals surface area contributed by atoms with Crippen LogP contribution >= 0.6 is 34.5 Å². The monoisotopic (exact) mass is 493 g/mol. The van der Waals surface area contributed by atoms with Gasteiger partial charge in [-0.1, -0.05) is 29.3 Å². The number of anilines is 1. The predicted octanol–water partition coefficient (Wildman–Crippen LogP) is 5.36. The Labute approximate surface area is 197 Å². The smallest absolute Gasteiger partial charge is 0.340 e. The zero-order valence-electron chi connectivity index (χ0n) is 16.9. The average molecular weight is 494 g/mol. The number of nitrogens with one attached hydrogen (secondary N) is 1. The second-order valence-corrected chi connectivity index (χ2v) is 8.10. The van der Waals surface area contributed by atoms with Gasteiger partial charge in [0, 0.05) is 22.7 Å². The molecule has 0 spiro atoms. The minimum absolute atomic E-state index is 0.0162. The largest absolute Gasteiger partial charge is 0.493 e. The number of rotatable bonds is 8. The van der Waals surface area contributed by atoms with Crippen LogP contribution in [0.25, 0.3) is 0 Å². The molecule has 1 heterocycles. The molecule has 166 valence electrons. The maximum atomic E-state index is 12.8. The molecule has 0 unspecified atom stereocenters. The number of hydrogen-bond acceptors (Lipinski definition) is 7. The van der Waals surface area contributed by atoms with Crippen molar-refractivity contribution in [3.8, 4) is 11.5 Å². The SMILES string of the molecule is COc1cc(NC(=O)c2cccs2)c(C(=O)OCC(=O)c2cc(Cl)ccc2Cl)cc1OC. The van der Waals surface area contributed by atoms with Gasteiger partial charge in [-0.25, -0.2) is 4.79 Å². The lowest BCUT2D eigenvalue weighted by Gasteiger charge is -2.15. The lowest BCUT2D eigenvalue weighted by Crippen LogP contribution is -2.18. The highest BCUT2D eigenvalue weighted by Gasteiger charge is 2.22. The van der Waals surface area contributed by atoms with Crippen LogP contribution in [0, 0.1) is 0 Å². The zero-order valence-corrected chi connectivity index (χ0v) is 19.3. The van der Waals surface area contributed by atoms with Crippen molar-refractivity contribution < 1.29 is 28.6 Å². The molecule has 0 atom stereocenters. The van der Waals surface area contributed by atoms with Crippen molar-refractivity contribution in [3.63, 3.8) is 0 Å². The molecule has 7 nitrogen and oxygen atoms in total. The normalized spacial score (nSPS) is 10.4. The summed E-state index contributed by atoms with van der Waals surface area (Å²) >= 11 is 13.2. The first-order valence-corrected chi connectivity index (χ1v) is 10.7. The van der Waals surface area contributed by atoms with Gasteiger partial charge >= 0.3 is 5.97 Å². The van der Waals surface area contributed by atoms with E-state index in [9.17, 15) is 14.4 Å². The lowest BCUT2D eigenvalue weighted by atomic mass is 10.1. The fraction of sp³-hybridized carbons (Fsp3) is 0.136. The number of ketones is 1. The molecule has 1 amide bonds. The molecular weight excluding hydrogens is 477 g/mol. The van der Waals surface area contributed by atoms with E-state index >= 15 is 0 Å². The van der Waals surface area contributed by atoms with Crippen LogP contribution < -0.4 is 14.8 Å². The first-order valence-electron chi connectivity index (χ1n) is 9.10. The van der Waals surface area contributed by atoms with Gasteiger partial charge in [-0.2, -0.15) is 0 Å². The summed E-state index contributed by atoms with van der Waals surface area (Å²) in [7, 11) is 2.83. The number of methoxy groups -OCH3 is 2. The van der Waals surface area contributed by atoms with Gasteiger partial charge in [0.25, 0.3) is 5.91 Å². The van der Waals surface area contributed by atoms with E-state index < -0.39 is 24.3 Å². The first kappa shape index (κ1) is 23.6. The quantitative estimate of drug-likeness (QED) is 0.335. The van der Waals surface area contributed by atoms with E-state index in [-0.39, 0.29) is 27.6 Å². The molecule has 1 aromatic heterocycles. The van der Waals surface area contributed by atoms with Crippen molar-refractivity contribution in [3.05, 3.63) is 73.9 Å². The Kier molecular flexibility index (Phi) is 7.74. The van der Waals surface area contributed by atoms with Crippen molar-refractivity contribution in [1.29, 1.82) is 0 Å². The van der Waals surface area contributed by atoms with Gasteiger partial charge in [0.2, 0.25) is 5.78 Å². The lowest BCUT2D eigenvalue weighted by molar-refractivity contribution is 0.0475. The Hall–Kier alpha value is -3.07. The van der Waals surface area contributed by atoms with Crippen molar-refractivity contribution in [2.45, 2.75) is 0 Å². The highest BCUT2D eigenvalue weighted by atomic mass is 35.5. The first-order chi connectivity index (χ1) is 15.3. The summed E-state index contributed by atoms with van der Waals surface area (Å²) < 4.78 is 15.7. The third-order valence-corrected chi connectivity index (χ3v) is 5.73. The van der Waals surface area contributed by atoms with Gasteiger partial charge in [-0.3, -0.25) is 9.59 Å². The molecule has 0 saturated heterocycles. The van der Waals surface area contributed by atoms with Crippen LogP contribution in [0.5, 0.6) is 11.5 Å². The number of carbonyl (C=O) groups is 3. The molecule has 0 fully saturated rings. The fourth-order valence-electron chi connectivity index (χ4n) is 2.74. The summed E-state index contributed by atoms with van der Waals surface area (Å²) in [4.78, 5) is 38.2. The van der Waals surface area contributed by atoms with E-state index in [1.807, 2.05) is 0 Å². The highest BCUT2D eigenvalue weighted by Crippen LogP contribution is 2.34. The van der Waals surface area contributed by atoms with Gasteiger partial charge in [-0.15, -0.1) is 11.3 Å². The number of hydrogen-bond donors (Lipinski definition) is 1. The molecule has 10 heteroatoms. The molecule has 32 heavy (non-hydrogen) atoms.